The molecule has 9 rings (SSSR count). The van der Waals surface area contributed by atoms with E-state index >= 15 is 0 Å². The fraction of sp³-hybridized carbons (Fsp3) is 0. The first-order chi connectivity index (χ1) is 24.8. The van der Waals surface area contributed by atoms with Crippen LogP contribution < -0.4 is 0 Å². The quantitative estimate of drug-likeness (QED) is 0.150. The molecule has 0 aliphatic rings. The first-order valence-corrected chi connectivity index (χ1v) is 16.6. The van der Waals surface area contributed by atoms with Gasteiger partial charge >= 0.3 is 21.1 Å². The Morgan fingerprint density at radius 3 is 2.24 bits per heavy atom. The predicted molar refractivity (Wildman–Crippen MR) is 203 cm³/mol. The third kappa shape index (κ3) is 6.03. The van der Waals surface area contributed by atoms with Gasteiger partial charge in [-0.1, -0.05) is 133 Å². The van der Waals surface area contributed by atoms with Crippen LogP contribution in [0.2, 0.25) is 0 Å². The fourth-order valence-electron chi connectivity index (χ4n) is 6.68. The van der Waals surface area contributed by atoms with Gasteiger partial charge in [0, 0.05) is 23.5 Å². The number of rotatable bonds is 7. The van der Waals surface area contributed by atoms with E-state index in [1.165, 1.54) is 5.39 Å². The average molecular weight is 835 g/mol. The number of imidazole rings is 1. The van der Waals surface area contributed by atoms with Crippen LogP contribution in [0.1, 0.15) is 0 Å². The van der Waals surface area contributed by atoms with Crippen molar-refractivity contribution < 1.29 is 21.1 Å². The normalized spacial score (nSPS) is 11.0. The minimum Gasteiger partial charge on any atom is -0.442 e. The molecular weight excluding hydrogens is 806 g/mol. The number of pyridine rings is 3. The molecule has 0 bridgehead atoms. The van der Waals surface area contributed by atoms with Gasteiger partial charge in [0.15, 0.2) is 0 Å². The largest absolute Gasteiger partial charge is 2.00 e. The molecule has 0 aliphatic heterocycles. The molecule has 5 nitrogen and oxygen atoms in total. The van der Waals surface area contributed by atoms with Crippen LogP contribution in [-0.2, 0) is 21.1 Å². The Kier molecular flexibility index (Phi) is 8.79. The molecule has 0 aliphatic carbocycles. The van der Waals surface area contributed by atoms with Crippen LogP contribution in [0.15, 0.2) is 176 Å². The van der Waals surface area contributed by atoms with Gasteiger partial charge in [0.1, 0.15) is 5.65 Å². The van der Waals surface area contributed by atoms with E-state index in [2.05, 4.69) is 102 Å². The molecule has 0 spiro atoms. The number of nitrogens with zero attached hydrogens (tertiary/aromatic N) is 5. The van der Waals surface area contributed by atoms with Gasteiger partial charge in [-0.25, -0.2) is 4.98 Å². The molecule has 51 heavy (non-hydrogen) atoms. The average Bonchev–Trinajstić information content (AvgIpc) is 3.58. The van der Waals surface area contributed by atoms with E-state index in [-0.39, 0.29) is 21.1 Å². The Bertz CT molecular complexity index is 2630. The van der Waals surface area contributed by atoms with E-state index in [1.54, 1.807) is 6.20 Å². The third-order valence-electron chi connectivity index (χ3n) is 9.01. The molecule has 4 aromatic heterocycles. The Morgan fingerprint density at radius 1 is 0.569 bits per heavy atom. The van der Waals surface area contributed by atoms with Crippen LogP contribution in [0.3, 0.4) is 0 Å². The van der Waals surface area contributed by atoms with E-state index < -0.39 is 0 Å². The molecule has 0 fully saturated rings. The Morgan fingerprint density at radius 2 is 1.33 bits per heavy atom. The summed E-state index contributed by atoms with van der Waals surface area (Å²) in [4.78, 5) is 14.9. The van der Waals surface area contributed by atoms with Crippen molar-refractivity contribution >= 4 is 27.9 Å². The standard InChI is InChI=1S/C45H29N5.Pt/c1-3-14-31(15-4-1)34-26-28-46-41(30-34)39-23-12-27-47-44(39)48-40-25-10-9-21-38(40)42-43(37-22-11-19-32-18-7-8-20-35(32)37)50-29-13-24-36(45(50)49-42)33-16-5-2-6-17-33;/h1-16,18-30H;/q-2;+2. The first-order valence-electron chi connectivity index (χ1n) is 16.6. The van der Waals surface area contributed by atoms with E-state index in [9.17, 15) is 0 Å². The van der Waals surface area contributed by atoms with Crippen molar-refractivity contribution in [1.29, 1.82) is 0 Å². The predicted octanol–water partition coefficient (Wildman–Crippen LogP) is 11.7. The van der Waals surface area contributed by atoms with Crippen molar-refractivity contribution in [2.75, 3.05) is 0 Å². The summed E-state index contributed by atoms with van der Waals surface area (Å²) in [6, 6.07) is 57.2. The van der Waals surface area contributed by atoms with Gasteiger partial charge in [-0.15, -0.1) is 35.9 Å². The fourth-order valence-corrected chi connectivity index (χ4v) is 6.68. The Labute approximate surface area is 310 Å². The Balaban J connectivity index is 0.00000374. The maximum atomic E-state index is 5.42. The molecule has 0 atom stereocenters. The number of hydrogen-bond donors (Lipinski definition) is 0. The smallest absolute Gasteiger partial charge is 0.442 e. The van der Waals surface area contributed by atoms with Gasteiger partial charge in [-0.05, 0) is 51.1 Å². The van der Waals surface area contributed by atoms with Crippen molar-refractivity contribution in [3.05, 3.63) is 188 Å². The molecule has 0 N–H and O–H groups in total. The zero-order chi connectivity index (χ0) is 33.3. The second-order valence-electron chi connectivity index (χ2n) is 12.0. The van der Waals surface area contributed by atoms with Gasteiger partial charge in [0.2, 0.25) is 0 Å². The van der Waals surface area contributed by atoms with Crippen LogP contribution in [0.5, 0.6) is 0 Å². The second-order valence-corrected chi connectivity index (χ2v) is 12.0. The molecule has 0 amide bonds. The van der Waals surface area contributed by atoms with E-state index in [4.69, 9.17) is 20.3 Å². The van der Waals surface area contributed by atoms with Crippen molar-refractivity contribution in [3.8, 4) is 56.0 Å². The van der Waals surface area contributed by atoms with Crippen molar-refractivity contribution in [1.82, 2.24) is 19.4 Å². The number of para-hydroxylation sites is 1. The summed E-state index contributed by atoms with van der Waals surface area (Å²) in [5.41, 5.74) is 11.3. The van der Waals surface area contributed by atoms with Crippen molar-refractivity contribution in [2.45, 2.75) is 0 Å². The maximum Gasteiger partial charge on any atom is 2.00 e. The van der Waals surface area contributed by atoms with Crippen LogP contribution in [0.25, 0.3) is 77.8 Å². The zero-order valence-corrected chi connectivity index (χ0v) is 29.6. The number of hydrogen-bond acceptors (Lipinski definition) is 3. The molecule has 6 heteroatoms. The van der Waals surface area contributed by atoms with Crippen molar-refractivity contribution in [3.63, 3.8) is 0 Å². The molecule has 0 radical (unpaired) electrons. The molecule has 4 heterocycles. The monoisotopic (exact) mass is 834 g/mol. The molecule has 0 unspecified atom stereocenters. The minimum absolute atomic E-state index is 0. The van der Waals surface area contributed by atoms with Crippen LogP contribution in [-0.4, -0.2) is 19.4 Å². The topological polar surface area (TPSA) is 57.2 Å². The minimum atomic E-state index is 0. The summed E-state index contributed by atoms with van der Waals surface area (Å²) in [5.74, 6) is 0.590. The molecule has 0 saturated heterocycles. The summed E-state index contributed by atoms with van der Waals surface area (Å²) in [6.45, 7) is 0. The zero-order valence-electron chi connectivity index (χ0n) is 27.3. The van der Waals surface area contributed by atoms with Gasteiger partial charge in [-0.3, -0.25) is 4.98 Å². The van der Waals surface area contributed by atoms with E-state index in [0.29, 0.717) is 5.82 Å². The summed E-state index contributed by atoms with van der Waals surface area (Å²) >= 11 is 0. The second kappa shape index (κ2) is 14.0. The van der Waals surface area contributed by atoms with Gasteiger partial charge < -0.3 is 14.7 Å². The van der Waals surface area contributed by atoms with Gasteiger partial charge in [0.05, 0.1) is 17.1 Å². The first kappa shape index (κ1) is 32.1. The number of benzene rings is 5. The molecule has 9 aromatic rings. The van der Waals surface area contributed by atoms with Crippen LogP contribution in [0.4, 0.5) is 11.5 Å². The maximum absolute atomic E-state index is 5.42. The SMILES string of the molecule is [Pt+2].[c-]1ccccc1-c1cccn2c(-c3cccc4ccccc34)c(-c3ccccc3[N-]c3ncccc3-c3cc(-c4ccccc4)ccn3)nc12. The Hall–Kier alpha value is -6.16. The summed E-state index contributed by atoms with van der Waals surface area (Å²) < 4.78 is 2.20. The summed E-state index contributed by atoms with van der Waals surface area (Å²) in [6.07, 6.45) is 5.72. The van der Waals surface area contributed by atoms with E-state index in [1.807, 2.05) is 79.0 Å². The van der Waals surface area contributed by atoms with Crippen LogP contribution >= 0.6 is 0 Å². The number of aromatic nitrogens is 4. The molecule has 0 saturated carbocycles. The molecule has 244 valence electrons. The summed E-state index contributed by atoms with van der Waals surface area (Å²) in [5, 5.41) is 7.56. The van der Waals surface area contributed by atoms with Gasteiger partial charge in [-0.2, -0.15) is 0 Å². The van der Waals surface area contributed by atoms with Gasteiger partial charge in [0.25, 0.3) is 0 Å². The van der Waals surface area contributed by atoms with Crippen molar-refractivity contribution in [2.24, 2.45) is 0 Å². The summed E-state index contributed by atoms with van der Waals surface area (Å²) in [7, 11) is 0. The van der Waals surface area contributed by atoms with Crippen LogP contribution in [0, 0.1) is 6.07 Å². The third-order valence-corrected chi connectivity index (χ3v) is 9.01. The molecule has 5 aromatic carbocycles. The van der Waals surface area contributed by atoms with E-state index in [0.717, 1.165) is 72.7 Å². The molecular formula is C45H29N5Pt. The number of fused-ring (bicyclic) bond motifs is 2.